The number of esters is 1. The van der Waals surface area contributed by atoms with Gasteiger partial charge in [0.1, 0.15) is 11.6 Å². The number of rotatable bonds is 5. The number of piperidine rings is 2. The van der Waals surface area contributed by atoms with Gasteiger partial charge in [0.25, 0.3) is 5.91 Å². The molecule has 142 valence electrons. The van der Waals surface area contributed by atoms with Crippen molar-refractivity contribution in [2.75, 3.05) is 32.8 Å². The molecule has 0 spiro atoms. The maximum absolute atomic E-state index is 12.5. The second-order valence-corrected chi connectivity index (χ2v) is 6.52. The second-order valence-electron chi connectivity index (χ2n) is 6.52. The van der Waals surface area contributed by atoms with Gasteiger partial charge in [0.2, 0.25) is 5.91 Å². The highest BCUT2D eigenvalue weighted by Gasteiger charge is 2.29. The molecule has 2 amide bonds. The number of carbonyl (C=O) groups is 3. The summed E-state index contributed by atoms with van der Waals surface area (Å²) in [6.45, 7) is 4.48. The number of ether oxygens (including phenoxy) is 1. The predicted molar refractivity (Wildman–Crippen MR) is 93.4 cm³/mol. The number of amides is 2. The van der Waals surface area contributed by atoms with Crippen molar-refractivity contribution in [2.45, 2.75) is 32.6 Å². The number of hydrogen-bond acceptors (Lipinski definition) is 6. The Kier molecular flexibility index (Phi) is 7.60. The zero-order valence-electron chi connectivity index (χ0n) is 15.1. The molecule has 2 aliphatic rings. The third-order valence-corrected chi connectivity index (χ3v) is 4.82. The van der Waals surface area contributed by atoms with Crippen molar-refractivity contribution in [3.8, 4) is 6.07 Å². The first-order chi connectivity index (χ1) is 12.6. The summed E-state index contributed by atoms with van der Waals surface area (Å²) in [5.74, 6) is -1.10. The van der Waals surface area contributed by atoms with Crippen LogP contribution in [0.4, 0.5) is 0 Å². The summed E-state index contributed by atoms with van der Waals surface area (Å²) < 4.78 is 5.01. The third kappa shape index (κ3) is 5.30. The molecule has 2 fully saturated rings. The lowest BCUT2D eigenvalue weighted by Gasteiger charge is -2.30. The standard InChI is InChI=1S/C18H26N4O4/c1-2-26-18(25)14-5-9-22(10-6-14)17(24)15(11-19)12-21-16(23)13-3-7-20-8-4-13/h12-14,20H,2-10H2,1H3,(H,21,23)/b15-12-. The van der Waals surface area contributed by atoms with Crippen LogP contribution in [0, 0.1) is 23.2 Å². The van der Waals surface area contributed by atoms with E-state index in [2.05, 4.69) is 10.6 Å². The first-order valence-corrected chi connectivity index (χ1v) is 9.14. The lowest BCUT2D eigenvalue weighted by Crippen LogP contribution is -2.41. The molecule has 26 heavy (non-hydrogen) atoms. The zero-order valence-corrected chi connectivity index (χ0v) is 15.1. The quantitative estimate of drug-likeness (QED) is 0.414. The Morgan fingerprint density at radius 1 is 1.19 bits per heavy atom. The second kappa shape index (κ2) is 9.92. The van der Waals surface area contributed by atoms with Gasteiger partial charge in [-0.2, -0.15) is 5.26 Å². The molecule has 0 saturated carbocycles. The Hall–Kier alpha value is -2.40. The lowest BCUT2D eigenvalue weighted by atomic mass is 9.96. The van der Waals surface area contributed by atoms with E-state index in [1.807, 2.05) is 6.07 Å². The molecule has 2 aliphatic heterocycles. The summed E-state index contributed by atoms with van der Waals surface area (Å²) in [5, 5.41) is 15.0. The topological polar surface area (TPSA) is 112 Å². The molecule has 0 aliphatic carbocycles. The van der Waals surface area contributed by atoms with Crippen molar-refractivity contribution in [2.24, 2.45) is 11.8 Å². The van der Waals surface area contributed by atoms with Crippen molar-refractivity contribution < 1.29 is 19.1 Å². The van der Waals surface area contributed by atoms with Crippen molar-refractivity contribution in [3.63, 3.8) is 0 Å². The molecule has 0 aromatic carbocycles. The summed E-state index contributed by atoms with van der Waals surface area (Å²) >= 11 is 0. The molecule has 2 saturated heterocycles. The molecule has 8 heteroatoms. The van der Waals surface area contributed by atoms with Crippen LogP contribution in [0.2, 0.25) is 0 Å². The molecule has 0 unspecified atom stereocenters. The minimum Gasteiger partial charge on any atom is -0.466 e. The fraction of sp³-hybridized carbons (Fsp3) is 0.667. The Morgan fingerprint density at radius 2 is 1.85 bits per heavy atom. The molecule has 0 aromatic rings. The predicted octanol–water partition coefficient (Wildman–Crippen LogP) is 0.311. The van der Waals surface area contributed by atoms with Crippen LogP contribution in [0.5, 0.6) is 0 Å². The van der Waals surface area contributed by atoms with E-state index in [1.54, 1.807) is 11.8 Å². The molecule has 2 heterocycles. The number of carbonyl (C=O) groups excluding carboxylic acids is 3. The number of likely N-dealkylation sites (tertiary alicyclic amines) is 1. The Bertz CT molecular complexity index is 597. The molecule has 0 radical (unpaired) electrons. The minimum absolute atomic E-state index is 0.0946. The fourth-order valence-corrected chi connectivity index (χ4v) is 3.24. The molecule has 2 rings (SSSR count). The van der Waals surface area contributed by atoms with Gasteiger partial charge in [0.15, 0.2) is 0 Å². The van der Waals surface area contributed by atoms with Crippen molar-refractivity contribution in [1.82, 2.24) is 15.5 Å². The maximum Gasteiger partial charge on any atom is 0.309 e. The number of hydrogen-bond donors (Lipinski definition) is 2. The summed E-state index contributed by atoms with van der Waals surface area (Å²) in [6, 6.07) is 1.86. The van der Waals surface area contributed by atoms with E-state index in [0.29, 0.717) is 32.5 Å². The van der Waals surface area contributed by atoms with Gasteiger partial charge in [-0.15, -0.1) is 0 Å². The van der Waals surface area contributed by atoms with E-state index in [1.165, 1.54) is 6.20 Å². The summed E-state index contributed by atoms with van der Waals surface area (Å²) in [4.78, 5) is 37.9. The molecule has 0 bridgehead atoms. The van der Waals surface area contributed by atoms with Gasteiger partial charge in [0.05, 0.1) is 12.5 Å². The van der Waals surface area contributed by atoms with Crippen LogP contribution in [0.1, 0.15) is 32.6 Å². The van der Waals surface area contributed by atoms with Crippen LogP contribution < -0.4 is 10.6 Å². The molecular weight excluding hydrogens is 336 g/mol. The van der Waals surface area contributed by atoms with Gasteiger partial charge in [0, 0.05) is 25.2 Å². The van der Waals surface area contributed by atoms with Crippen LogP contribution in [-0.4, -0.2) is 55.5 Å². The van der Waals surface area contributed by atoms with Crippen LogP contribution in [0.25, 0.3) is 0 Å². The van der Waals surface area contributed by atoms with Crippen molar-refractivity contribution in [1.29, 1.82) is 5.26 Å². The molecular formula is C18H26N4O4. The van der Waals surface area contributed by atoms with Gasteiger partial charge in [-0.1, -0.05) is 0 Å². The molecule has 2 N–H and O–H groups in total. The first kappa shape index (κ1) is 19.9. The zero-order chi connectivity index (χ0) is 18.9. The molecule has 8 nitrogen and oxygen atoms in total. The fourth-order valence-electron chi connectivity index (χ4n) is 3.24. The van der Waals surface area contributed by atoms with Gasteiger partial charge < -0.3 is 20.3 Å². The largest absolute Gasteiger partial charge is 0.466 e. The highest BCUT2D eigenvalue weighted by atomic mass is 16.5. The van der Waals surface area contributed by atoms with E-state index in [-0.39, 0.29) is 29.3 Å². The normalized spacial score (nSPS) is 19.5. The lowest BCUT2D eigenvalue weighted by molar-refractivity contribution is -0.150. The SMILES string of the molecule is CCOC(=O)C1CCN(C(=O)/C(C#N)=C\NC(=O)C2CCNCC2)CC1. The van der Waals surface area contributed by atoms with Gasteiger partial charge >= 0.3 is 5.97 Å². The van der Waals surface area contributed by atoms with Gasteiger partial charge in [-0.05, 0) is 45.7 Å². The first-order valence-electron chi connectivity index (χ1n) is 9.14. The Morgan fingerprint density at radius 3 is 2.42 bits per heavy atom. The summed E-state index contributed by atoms with van der Waals surface area (Å²) in [5.41, 5.74) is -0.0955. The monoisotopic (exact) mass is 362 g/mol. The van der Waals surface area contributed by atoms with Crippen molar-refractivity contribution in [3.05, 3.63) is 11.8 Å². The van der Waals surface area contributed by atoms with E-state index in [9.17, 15) is 19.6 Å². The average molecular weight is 362 g/mol. The van der Waals surface area contributed by atoms with Gasteiger partial charge in [-0.3, -0.25) is 14.4 Å². The van der Waals surface area contributed by atoms with Crippen LogP contribution in [0.15, 0.2) is 11.8 Å². The molecule has 0 atom stereocenters. The number of nitrogens with one attached hydrogen (secondary N) is 2. The summed E-state index contributed by atoms with van der Waals surface area (Å²) in [7, 11) is 0. The molecule has 0 aromatic heterocycles. The Labute approximate surface area is 153 Å². The van der Waals surface area contributed by atoms with Gasteiger partial charge in [-0.25, -0.2) is 0 Å². The average Bonchev–Trinajstić information content (AvgIpc) is 2.69. The number of nitrogens with zero attached hydrogens (tertiary/aromatic N) is 2. The minimum atomic E-state index is -0.416. The van der Waals surface area contributed by atoms with Crippen LogP contribution >= 0.6 is 0 Å². The highest BCUT2D eigenvalue weighted by molar-refractivity contribution is 5.98. The smallest absolute Gasteiger partial charge is 0.309 e. The van der Waals surface area contributed by atoms with Crippen molar-refractivity contribution >= 4 is 17.8 Å². The highest BCUT2D eigenvalue weighted by Crippen LogP contribution is 2.20. The maximum atomic E-state index is 12.5. The third-order valence-electron chi connectivity index (χ3n) is 4.82. The van der Waals surface area contributed by atoms with Crippen LogP contribution in [-0.2, 0) is 19.1 Å². The van der Waals surface area contributed by atoms with E-state index >= 15 is 0 Å². The van der Waals surface area contributed by atoms with E-state index in [0.717, 1.165) is 25.9 Å². The van der Waals surface area contributed by atoms with E-state index in [4.69, 9.17) is 4.74 Å². The van der Waals surface area contributed by atoms with Crippen LogP contribution in [0.3, 0.4) is 0 Å². The summed E-state index contributed by atoms with van der Waals surface area (Å²) in [6.07, 6.45) is 3.74. The number of nitriles is 1. The Balaban J connectivity index is 1.87. The van der Waals surface area contributed by atoms with E-state index < -0.39 is 5.91 Å².